The van der Waals surface area contributed by atoms with E-state index in [2.05, 4.69) is 49.2 Å². The maximum atomic E-state index is 12.4. The van der Waals surface area contributed by atoms with E-state index in [0.29, 0.717) is 18.4 Å². The molecule has 0 aliphatic carbocycles. The van der Waals surface area contributed by atoms with Crippen LogP contribution in [0.2, 0.25) is 0 Å². The molecule has 4 heteroatoms. The number of hydrogen-bond donors (Lipinski definition) is 1. The number of carbonyl (C=O) groups excluding carboxylic acids is 1. The summed E-state index contributed by atoms with van der Waals surface area (Å²) in [5, 5.41) is 3.42. The Morgan fingerprint density at radius 2 is 1.92 bits per heavy atom. The molecule has 1 atom stereocenters. The summed E-state index contributed by atoms with van der Waals surface area (Å²) in [6.07, 6.45) is 2.73. The van der Waals surface area contributed by atoms with Crippen molar-refractivity contribution in [3.8, 4) is 0 Å². The van der Waals surface area contributed by atoms with E-state index in [0.717, 1.165) is 51.3 Å². The highest BCUT2D eigenvalue weighted by atomic mass is 16.2. The molecule has 1 N–H and O–H groups in total. The van der Waals surface area contributed by atoms with Gasteiger partial charge in [0.25, 0.3) is 0 Å². The van der Waals surface area contributed by atoms with Crippen LogP contribution in [0.1, 0.15) is 38.3 Å². The van der Waals surface area contributed by atoms with Gasteiger partial charge in [-0.1, -0.05) is 26.0 Å². The fourth-order valence-electron chi connectivity index (χ4n) is 3.89. The molecule has 1 aromatic carbocycles. The summed E-state index contributed by atoms with van der Waals surface area (Å²) >= 11 is 0. The minimum absolute atomic E-state index is 0.269. The fourth-order valence-corrected chi connectivity index (χ4v) is 3.89. The molecular formula is C20H31N3O. The summed E-state index contributed by atoms with van der Waals surface area (Å²) < 4.78 is 0. The van der Waals surface area contributed by atoms with Crippen LogP contribution in [0.3, 0.4) is 0 Å². The Morgan fingerprint density at radius 1 is 1.17 bits per heavy atom. The van der Waals surface area contributed by atoms with Crippen LogP contribution in [0, 0.1) is 5.92 Å². The zero-order chi connectivity index (χ0) is 17.1. The molecule has 132 valence electrons. The monoisotopic (exact) mass is 329 g/mol. The minimum Gasteiger partial charge on any atom is -0.314 e. The van der Waals surface area contributed by atoms with Crippen LogP contribution in [0.15, 0.2) is 18.2 Å². The molecule has 2 aliphatic heterocycles. The number of piperazine rings is 1. The molecule has 0 aromatic heterocycles. The first-order chi connectivity index (χ1) is 11.5. The predicted octanol–water partition coefficient (Wildman–Crippen LogP) is 2.46. The van der Waals surface area contributed by atoms with Gasteiger partial charge in [0.05, 0.1) is 0 Å². The standard InChI is InChI=1S/C20H31N3O/c1-15(2)12-20(24)23-9-6-18-14-17(4-5-19(18)23)13-16(3)22-10-7-21-8-11-22/h4-5,14-16,21H,6-13H2,1-3H3. The summed E-state index contributed by atoms with van der Waals surface area (Å²) in [6, 6.07) is 7.29. The van der Waals surface area contributed by atoms with Crippen LogP contribution in [-0.2, 0) is 17.6 Å². The lowest BCUT2D eigenvalue weighted by Crippen LogP contribution is -2.48. The van der Waals surface area contributed by atoms with E-state index in [9.17, 15) is 4.79 Å². The number of hydrogen-bond acceptors (Lipinski definition) is 3. The molecule has 3 rings (SSSR count). The van der Waals surface area contributed by atoms with Crippen LogP contribution >= 0.6 is 0 Å². The van der Waals surface area contributed by atoms with Gasteiger partial charge in [-0.05, 0) is 42.9 Å². The lowest BCUT2D eigenvalue weighted by Gasteiger charge is -2.33. The molecule has 1 saturated heterocycles. The van der Waals surface area contributed by atoms with Crippen LogP contribution in [0.25, 0.3) is 0 Å². The molecule has 1 fully saturated rings. The van der Waals surface area contributed by atoms with Gasteiger partial charge in [0.15, 0.2) is 0 Å². The highest BCUT2D eigenvalue weighted by molar-refractivity contribution is 5.95. The van der Waals surface area contributed by atoms with E-state index in [1.165, 1.54) is 11.1 Å². The van der Waals surface area contributed by atoms with Gasteiger partial charge in [0, 0.05) is 50.9 Å². The minimum atomic E-state index is 0.269. The average Bonchev–Trinajstić information content (AvgIpc) is 2.98. The summed E-state index contributed by atoms with van der Waals surface area (Å²) in [7, 11) is 0. The molecule has 2 heterocycles. The molecule has 0 saturated carbocycles. The van der Waals surface area contributed by atoms with E-state index < -0.39 is 0 Å². The van der Waals surface area contributed by atoms with Gasteiger partial charge >= 0.3 is 0 Å². The van der Waals surface area contributed by atoms with E-state index in [4.69, 9.17) is 0 Å². The second-order valence-electron chi connectivity index (χ2n) is 7.70. The quantitative estimate of drug-likeness (QED) is 0.901. The first-order valence-corrected chi connectivity index (χ1v) is 9.41. The van der Waals surface area contributed by atoms with Crippen molar-refractivity contribution in [2.45, 2.75) is 46.1 Å². The molecule has 0 spiro atoms. The van der Waals surface area contributed by atoms with Crippen molar-refractivity contribution in [2.24, 2.45) is 5.92 Å². The Morgan fingerprint density at radius 3 is 2.62 bits per heavy atom. The Kier molecular flexibility index (Phi) is 5.57. The lowest BCUT2D eigenvalue weighted by atomic mass is 10.0. The van der Waals surface area contributed by atoms with Crippen LogP contribution < -0.4 is 10.2 Å². The Bertz CT molecular complexity index is 578. The summed E-state index contributed by atoms with van der Waals surface area (Å²) in [4.78, 5) is 17.0. The maximum Gasteiger partial charge on any atom is 0.227 e. The fraction of sp³-hybridized carbons (Fsp3) is 0.650. The highest BCUT2D eigenvalue weighted by Crippen LogP contribution is 2.30. The van der Waals surface area contributed by atoms with Crippen molar-refractivity contribution in [3.05, 3.63) is 29.3 Å². The number of fused-ring (bicyclic) bond motifs is 1. The number of carbonyl (C=O) groups is 1. The SMILES string of the molecule is CC(C)CC(=O)N1CCc2cc(CC(C)N3CCNCC3)ccc21. The number of anilines is 1. The average molecular weight is 329 g/mol. The van der Waals surface area contributed by atoms with E-state index in [1.807, 2.05) is 4.90 Å². The van der Waals surface area contributed by atoms with E-state index in [-0.39, 0.29) is 5.91 Å². The Balaban J connectivity index is 1.65. The Labute approximate surface area is 146 Å². The molecule has 4 nitrogen and oxygen atoms in total. The van der Waals surface area contributed by atoms with Crippen molar-refractivity contribution >= 4 is 11.6 Å². The second kappa shape index (κ2) is 7.66. The Hall–Kier alpha value is -1.39. The van der Waals surface area contributed by atoms with E-state index in [1.54, 1.807) is 0 Å². The zero-order valence-electron chi connectivity index (χ0n) is 15.3. The van der Waals surface area contributed by atoms with Gasteiger partial charge in [-0.2, -0.15) is 0 Å². The number of amides is 1. The molecule has 0 bridgehead atoms. The smallest absolute Gasteiger partial charge is 0.227 e. The third-order valence-corrected chi connectivity index (χ3v) is 5.23. The summed E-state index contributed by atoms with van der Waals surface area (Å²) in [5.41, 5.74) is 3.88. The van der Waals surface area contributed by atoms with Gasteiger partial charge in [-0.25, -0.2) is 0 Å². The van der Waals surface area contributed by atoms with Crippen LogP contribution in [-0.4, -0.2) is 49.6 Å². The maximum absolute atomic E-state index is 12.4. The lowest BCUT2D eigenvalue weighted by molar-refractivity contribution is -0.119. The van der Waals surface area contributed by atoms with Gasteiger partial charge in [0.2, 0.25) is 5.91 Å². The number of rotatable bonds is 5. The molecule has 24 heavy (non-hydrogen) atoms. The largest absolute Gasteiger partial charge is 0.314 e. The van der Waals surface area contributed by atoms with Crippen molar-refractivity contribution in [3.63, 3.8) is 0 Å². The zero-order valence-corrected chi connectivity index (χ0v) is 15.3. The van der Waals surface area contributed by atoms with Crippen molar-refractivity contribution in [1.82, 2.24) is 10.2 Å². The van der Waals surface area contributed by atoms with Gasteiger partial charge in [-0.3, -0.25) is 9.69 Å². The normalized spacial score (nSPS) is 19.6. The first kappa shape index (κ1) is 17.4. The van der Waals surface area contributed by atoms with Gasteiger partial charge in [0.1, 0.15) is 0 Å². The summed E-state index contributed by atoms with van der Waals surface area (Å²) in [6.45, 7) is 11.9. The third-order valence-electron chi connectivity index (χ3n) is 5.23. The molecule has 1 aromatic rings. The summed E-state index contributed by atoms with van der Waals surface area (Å²) in [5.74, 6) is 0.686. The topological polar surface area (TPSA) is 35.6 Å². The van der Waals surface area contributed by atoms with Crippen molar-refractivity contribution in [2.75, 3.05) is 37.6 Å². The number of nitrogens with one attached hydrogen (secondary N) is 1. The molecule has 0 radical (unpaired) electrons. The van der Waals surface area contributed by atoms with Gasteiger partial charge in [-0.15, -0.1) is 0 Å². The van der Waals surface area contributed by atoms with Crippen molar-refractivity contribution in [1.29, 1.82) is 0 Å². The van der Waals surface area contributed by atoms with Crippen molar-refractivity contribution < 1.29 is 4.79 Å². The molecule has 1 unspecified atom stereocenters. The first-order valence-electron chi connectivity index (χ1n) is 9.41. The van der Waals surface area contributed by atoms with Crippen LogP contribution in [0.4, 0.5) is 5.69 Å². The third kappa shape index (κ3) is 3.98. The highest BCUT2D eigenvalue weighted by Gasteiger charge is 2.25. The molecule has 2 aliphatic rings. The number of benzene rings is 1. The predicted molar refractivity (Wildman–Crippen MR) is 99.6 cm³/mol. The molecular weight excluding hydrogens is 298 g/mol. The number of nitrogens with zero attached hydrogens (tertiary/aromatic N) is 2. The second-order valence-corrected chi connectivity index (χ2v) is 7.70. The van der Waals surface area contributed by atoms with Gasteiger partial charge < -0.3 is 10.2 Å². The molecule has 1 amide bonds. The van der Waals surface area contributed by atoms with Crippen LogP contribution in [0.5, 0.6) is 0 Å². The van der Waals surface area contributed by atoms with E-state index >= 15 is 0 Å².